The third-order valence-corrected chi connectivity index (χ3v) is 5.48. The Balaban J connectivity index is 1.65. The highest BCUT2D eigenvalue weighted by Gasteiger charge is 2.23. The van der Waals surface area contributed by atoms with Crippen LogP contribution in [0.25, 0.3) is 0 Å². The number of halogens is 2. The molecule has 1 aliphatic heterocycles. The summed E-state index contributed by atoms with van der Waals surface area (Å²) >= 11 is 0. The van der Waals surface area contributed by atoms with Gasteiger partial charge in [0.05, 0.1) is 4.90 Å². The van der Waals surface area contributed by atoms with Gasteiger partial charge in [0.2, 0.25) is 10.0 Å². The smallest absolute Gasteiger partial charge is 0.253 e. The van der Waals surface area contributed by atoms with Gasteiger partial charge in [-0.25, -0.2) is 21.9 Å². The number of rotatable bonds is 6. The molecule has 0 saturated carbocycles. The largest absolute Gasteiger partial charge is 0.368 e. The third kappa shape index (κ3) is 4.88. The molecule has 0 bridgehead atoms. The fourth-order valence-electron chi connectivity index (χ4n) is 2.67. The molecule has 1 amide bonds. The topological polar surface area (TPSA) is 84.5 Å². The molecule has 2 aromatic carbocycles. The Morgan fingerprint density at radius 1 is 1.15 bits per heavy atom. The molecule has 3 rings (SSSR count). The van der Waals surface area contributed by atoms with E-state index in [9.17, 15) is 22.0 Å². The van der Waals surface area contributed by atoms with E-state index in [-0.39, 0.29) is 17.3 Å². The van der Waals surface area contributed by atoms with Crippen LogP contribution in [0.15, 0.2) is 47.4 Å². The SMILES string of the molecule is O=C(Nc1cccc(CNS(=O)(=O)c2ccc(F)c(F)c2)c1)C1CCCO1. The van der Waals surface area contributed by atoms with Crippen LogP contribution in [0, 0.1) is 11.6 Å². The van der Waals surface area contributed by atoms with Crippen LogP contribution in [0.4, 0.5) is 14.5 Å². The quantitative estimate of drug-likeness (QED) is 0.786. The fraction of sp³-hybridized carbons (Fsp3) is 0.278. The summed E-state index contributed by atoms with van der Waals surface area (Å²) in [5, 5.41) is 2.73. The van der Waals surface area contributed by atoms with Gasteiger partial charge in [-0.1, -0.05) is 12.1 Å². The summed E-state index contributed by atoms with van der Waals surface area (Å²) in [6.45, 7) is 0.481. The monoisotopic (exact) mass is 396 g/mol. The van der Waals surface area contributed by atoms with Crippen molar-refractivity contribution in [1.82, 2.24) is 4.72 Å². The standard InChI is InChI=1S/C18H18F2N2O4S/c19-15-7-6-14(10-16(15)20)27(24,25)21-11-12-3-1-4-13(9-12)22-18(23)17-5-2-8-26-17/h1,3-4,6-7,9-10,17,21H,2,5,8,11H2,(H,22,23). The molecule has 9 heteroatoms. The molecule has 27 heavy (non-hydrogen) atoms. The Labute approximate surface area is 155 Å². The zero-order valence-electron chi connectivity index (χ0n) is 14.2. The average Bonchev–Trinajstić information content (AvgIpc) is 3.17. The maximum Gasteiger partial charge on any atom is 0.253 e. The van der Waals surface area contributed by atoms with Gasteiger partial charge in [-0.05, 0) is 48.7 Å². The zero-order valence-corrected chi connectivity index (χ0v) is 15.1. The molecule has 1 fully saturated rings. The Kier molecular flexibility index (Phi) is 5.83. The summed E-state index contributed by atoms with van der Waals surface area (Å²) in [6.07, 6.45) is 1.03. The van der Waals surface area contributed by atoms with Crippen molar-refractivity contribution in [2.75, 3.05) is 11.9 Å². The molecule has 0 aromatic heterocycles. The molecule has 1 atom stereocenters. The molecular weight excluding hydrogens is 378 g/mol. The fourth-order valence-corrected chi connectivity index (χ4v) is 3.70. The van der Waals surface area contributed by atoms with E-state index in [1.54, 1.807) is 24.3 Å². The van der Waals surface area contributed by atoms with Crippen LogP contribution in [-0.4, -0.2) is 27.0 Å². The Morgan fingerprint density at radius 2 is 1.96 bits per heavy atom. The molecule has 1 unspecified atom stereocenters. The second-order valence-corrected chi connectivity index (χ2v) is 7.86. The minimum absolute atomic E-state index is 0.0784. The van der Waals surface area contributed by atoms with Gasteiger partial charge in [0.15, 0.2) is 11.6 Å². The maximum atomic E-state index is 13.3. The van der Waals surface area contributed by atoms with Crippen LogP contribution in [-0.2, 0) is 26.1 Å². The Bertz CT molecular complexity index is 944. The van der Waals surface area contributed by atoms with Crippen LogP contribution in [0.3, 0.4) is 0 Å². The summed E-state index contributed by atoms with van der Waals surface area (Å²) in [7, 11) is -4.01. The molecule has 1 heterocycles. The molecule has 1 saturated heterocycles. The van der Waals surface area contributed by atoms with Crippen molar-refractivity contribution < 1.29 is 26.7 Å². The predicted octanol–water partition coefficient (Wildman–Crippen LogP) is 2.56. The number of anilines is 1. The highest BCUT2D eigenvalue weighted by Crippen LogP contribution is 2.17. The number of hydrogen-bond acceptors (Lipinski definition) is 4. The molecule has 2 N–H and O–H groups in total. The van der Waals surface area contributed by atoms with Gasteiger partial charge in [-0.2, -0.15) is 0 Å². The first-order chi connectivity index (χ1) is 12.8. The van der Waals surface area contributed by atoms with Crippen molar-refractivity contribution in [2.45, 2.75) is 30.4 Å². The van der Waals surface area contributed by atoms with Gasteiger partial charge in [0.1, 0.15) is 6.10 Å². The lowest BCUT2D eigenvalue weighted by molar-refractivity contribution is -0.124. The number of carbonyl (C=O) groups excluding carboxylic acids is 1. The van der Waals surface area contributed by atoms with E-state index >= 15 is 0 Å². The molecule has 0 spiro atoms. The summed E-state index contributed by atoms with van der Waals surface area (Å²) < 4.78 is 58.3. The van der Waals surface area contributed by atoms with Crippen LogP contribution < -0.4 is 10.0 Å². The molecule has 2 aromatic rings. The van der Waals surface area contributed by atoms with Crippen LogP contribution in [0.2, 0.25) is 0 Å². The summed E-state index contributed by atoms with van der Waals surface area (Å²) in [6, 6.07) is 9.02. The van der Waals surface area contributed by atoms with E-state index in [4.69, 9.17) is 4.74 Å². The van der Waals surface area contributed by atoms with E-state index in [0.717, 1.165) is 18.6 Å². The van der Waals surface area contributed by atoms with Crippen molar-refractivity contribution in [2.24, 2.45) is 0 Å². The molecule has 144 valence electrons. The number of sulfonamides is 1. The lowest BCUT2D eigenvalue weighted by Crippen LogP contribution is -2.27. The number of hydrogen-bond donors (Lipinski definition) is 2. The van der Waals surface area contributed by atoms with E-state index in [0.29, 0.717) is 30.3 Å². The molecule has 0 radical (unpaired) electrons. The van der Waals surface area contributed by atoms with Crippen LogP contribution >= 0.6 is 0 Å². The number of benzene rings is 2. The van der Waals surface area contributed by atoms with Crippen molar-refractivity contribution in [3.63, 3.8) is 0 Å². The van der Waals surface area contributed by atoms with E-state index in [1.165, 1.54) is 0 Å². The molecule has 6 nitrogen and oxygen atoms in total. The summed E-state index contributed by atoms with van der Waals surface area (Å²) in [5.41, 5.74) is 1.10. The first kappa shape index (κ1) is 19.4. The van der Waals surface area contributed by atoms with Gasteiger partial charge in [0.25, 0.3) is 5.91 Å². The van der Waals surface area contributed by atoms with Gasteiger partial charge in [-0.3, -0.25) is 4.79 Å². The molecule has 0 aliphatic carbocycles. The third-order valence-electron chi connectivity index (χ3n) is 4.08. The second kappa shape index (κ2) is 8.12. The molecular formula is C18H18F2N2O4S. The van der Waals surface area contributed by atoms with Crippen molar-refractivity contribution in [3.05, 3.63) is 59.7 Å². The number of amides is 1. The van der Waals surface area contributed by atoms with Gasteiger partial charge in [-0.15, -0.1) is 0 Å². The Hall–Kier alpha value is -2.36. The lowest BCUT2D eigenvalue weighted by Gasteiger charge is -2.12. The van der Waals surface area contributed by atoms with E-state index in [1.807, 2.05) is 0 Å². The van der Waals surface area contributed by atoms with Crippen molar-refractivity contribution in [1.29, 1.82) is 0 Å². The summed E-state index contributed by atoms with van der Waals surface area (Å²) in [4.78, 5) is 11.7. The highest BCUT2D eigenvalue weighted by atomic mass is 32.2. The van der Waals surface area contributed by atoms with Crippen molar-refractivity contribution >= 4 is 21.6 Å². The summed E-state index contributed by atoms with van der Waals surface area (Å²) in [5.74, 6) is -2.60. The average molecular weight is 396 g/mol. The normalized spacial score (nSPS) is 17.0. The second-order valence-electron chi connectivity index (χ2n) is 6.09. The van der Waals surface area contributed by atoms with Gasteiger partial charge >= 0.3 is 0 Å². The zero-order chi connectivity index (χ0) is 19.4. The minimum Gasteiger partial charge on any atom is -0.368 e. The highest BCUT2D eigenvalue weighted by molar-refractivity contribution is 7.89. The predicted molar refractivity (Wildman–Crippen MR) is 94.4 cm³/mol. The van der Waals surface area contributed by atoms with Crippen molar-refractivity contribution in [3.8, 4) is 0 Å². The first-order valence-electron chi connectivity index (χ1n) is 8.31. The maximum absolute atomic E-state index is 13.3. The van der Waals surface area contributed by atoms with Crippen LogP contribution in [0.5, 0.6) is 0 Å². The first-order valence-corrected chi connectivity index (χ1v) is 9.79. The lowest BCUT2D eigenvalue weighted by atomic mass is 10.2. The van der Waals surface area contributed by atoms with E-state index in [2.05, 4.69) is 10.0 Å². The number of carbonyl (C=O) groups is 1. The molecule has 1 aliphatic rings. The van der Waals surface area contributed by atoms with Gasteiger partial charge < -0.3 is 10.1 Å². The van der Waals surface area contributed by atoms with Gasteiger partial charge in [0, 0.05) is 18.8 Å². The van der Waals surface area contributed by atoms with Crippen LogP contribution in [0.1, 0.15) is 18.4 Å². The van der Waals surface area contributed by atoms with E-state index < -0.39 is 27.8 Å². The number of nitrogens with one attached hydrogen (secondary N) is 2. The Morgan fingerprint density at radius 3 is 2.67 bits per heavy atom. The minimum atomic E-state index is -4.01. The number of ether oxygens (including phenoxy) is 1.